The van der Waals surface area contributed by atoms with E-state index in [0.29, 0.717) is 24.5 Å². The molecule has 0 aliphatic carbocycles. The second kappa shape index (κ2) is 12.0. The summed E-state index contributed by atoms with van der Waals surface area (Å²) in [5, 5.41) is 3.82. The average Bonchev–Trinajstić information content (AvgIpc) is 3.33. The second-order valence-corrected chi connectivity index (χ2v) is 15.1. The zero-order valence-electron chi connectivity index (χ0n) is 26.3. The monoisotopic (exact) mass is 607 g/mol. The lowest BCUT2D eigenvalue weighted by molar-refractivity contribution is 0.0942. The molecule has 0 radical (unpaired) electrons. The maximum Gasteiger partial charge on any atom is 0.268 e. The summed E-state index contributed by atoms with van der Waals surface area (Å²) in [5.74, 6) is -0.197. The molecule has 1 amide bonds. The molecule has 5 rings (SSSR count). The van der Waals surface area contributed by atoms with Gasteiger partial charge in [0.15, 0.2) is 0 Å². The third kappa shape index (κ3) is 7.05. The molecule has 0 unspecified atom stereocenters. The van der Waals surface area contributed by atoms with E-state index >= 15 is 0 Å². The summed E-state index contributed by atoms with van der Waals surface area (Å²) >= 11 is 0. The highest BCUT2D eigenvalue weighted by Gasteiger charge is 2.20. The van der Waals surface area contributed by atoms with E-state index in [0.717, 1.165) is 27.6 Å². The minimum absolute atomic E-state index is 0.0412. The molecular formula is C37H41N3O3S. The Kier molecular flexibility index (Phi) is 8.45. The van der Waals surface area contributed by atoms with Gasteiger partial charge in [0.25, 0.3) is 15.9 Å². The second-order valence-electron chi connectivity index (χ2n) is 13.4. The minimum Gasteiger partial charge on any atom is -0.347 e. The molecule has 0 fully saturated rings. The number of aromatic nitrogens is 1. The number of fused-ring (bicyclic) bond motifs is 1. The van der Waals surface area contributed by atoms with Gasteiger partial charge in [0.1, 0.15) is 5.69 Å². The van der Waals surface area contributed by atoms with Crippen molar-refractivity contribution in [3.63, 3.8) is 0 Å². The van der Waals surface area contributed by atoms with Gasteiger partial charge in [0.05, 0.1) is 4.90 Å². The molecule has 0 aliphatic heterocycles. The van der Waals surface area contributed by atoms with Crippen molar-refractivity contribution in [2.24, 2.45) is 0 Å². The molecule has 0 saturated carbocycles. The van der Waals surface area contributed by atoms with Gasteiger partial charge in [-0.25, -0.2) is 8.42 Å². The standard InChI is InChI=1S/C37H41N3O3S/c1-36(2,3)29-14-12-27(13-15-29)25-40-33-21-18-31(39-44(42,43)32-19-16-30(17-20-32)37(4,5)6)22-28(33)23-34(40)35(41)38-24-26-10-8-7-9-11-26/h7-23,39H,24-25H2,1-6H3,(H,38,41). The lowest BCUT2D eigenvalue weighted by Gasteiger charge is -2.19. The lowest BCUT2D eigenvalue weighted by atomic mass is 9.87. The Bertz CT molecular complexity index is 1880. The number of anilines is 1. The Morgan fingerprint density at radius 2 is 1.30 bits per heavy atom. The molecule has 0 atom stereocenters. The first-order valence-corrected chi connectivity index (χ1v) is 16.4. The summed E-state index contributed by atoms with van der Waals surface area (Å²) in [6, 6.07) is 32.5. The van der Waals surface area contributed by atoms with Crippen molar-refractivity contribution in [1.82, 2.24) is 9.88 Å². The van der Waals surface area contributed by atoms with Crippen LogP contribution in [0.4, 0.5) is 5.69 Å². The Morgan fingerprint density at radius 1 is 0.705 bits per heavy atom. The highest BCUT2D eigenvalue weighted by Crippen LogP contribution is 2.29. The van der Waals surface area contributed by atoms with Crippen molar-refractivity contribution in [3.8, 4) is 0 Å². The molecule has 0 bridgehead atoms. The van der Waals surface area contributed by atoms with Gasteiger partial charge in [-0.1, -0.05) is 108 Å². The number of hydrogen-bond acceptors (Lipinski definition) is 3. The van der Waals surface area contributed by atoms with Crippen molar-refractivity contribution >= 4 is 32.5 Å². The Hall–Kier alpha value is -4.36. The van der Waals surface area contributed by atoms with E-state index in [1.807, 2.05) is 59.2 Å². The smallest absolute Gasteiger partial charge is 0.268 e. The van der Waals surface area contributed by atoms with Crippen LogP contribution in [0.5, 0.6) is 0 Å². The first-order valence-electron chi connectivity index (χ1n) is 14.9. The number of carbonyl (C=O) groups excluding carboxylic acids is 1. The number of rotatable bonds is 8. The average molecular weight is 608 g/mol. The Balaban J connectivity index is 1.46. The quantitative estimate of drug-likeness (QED) is 0.188. The zero-order valence-corrected chi connectivity index (χ0v) is 27.1. The molecule has 0 saturated heterocycles. The van der Waals surface area contributed by atoms with Crippen LogP contribution in [-0.4, -0.2) is 18.9 Å². The maximum absolute atomic E-state index is 13.5. The normalized spacial score (nSPS) is 12.3. The molecule has 44 heavy (non-hydrogen) atoms. The summed E-state index contributed by atoms with van der Waals surface area (Å²) in [4.78, 5) is 13.7. The van der Waals surface area contributed by atoms with Crippen molar-refractivity contribution in [2.45, 2.75) is 70.4 Å². The van der Waals surface area contributed by atoms with E-state index in [2.05, 4.69) is 75.8 Å². The topological polar surface area (TPSA) is 80.2 Å². The van der Waals surface area contributed by atoms with Crippen LogP contribution in [0.15, 0.2) is 108 Å². The van der Waals surface area contributed by atoms with Gasteiger partial charge in [0, 0.05) is 29.7 Å². The molecule has 1 aromatic heterocycles. The van der Waals surface area contributed by atoms with E-state index < -0.39 is 10.0 Å². The molecule has 4 aromatic carbocycles. The third-order valence-corrected chi connectivity index (χ3v) is 9.27. The molecule has 0 spiro atoms. The zero-order chi connectivity index (χ0) is 31.7. The molecule has 5 aromatic rings. The molecule has 6 nitrogen and oxygen atoms in total. The van der Waals surface area contributed by atoms with Crippen LogP contribution in [0.2, 0.25) is 0 Å². The molecular weight excluding hydrogens is 566 g/mol. The fourth-order valence-electron chi connectivity index (χ4n) is 5.20. The van der Waals surface area contributed by atoms with E-state index in [9.17, 15) is 13.2 Å². The molecule has 7 heteroatoms. The SMILES string of the molecule is CC(C)(C)c1ccc(Cn2c(C(=O)NCc3ccccc3)cc3cc(NS(=O)(=O)c4ccc(C(C)(C)C)cc4)ccc32)cc1. The summed E-state index contributed by atoms with van der Waals surface area (Å²) in [6.45, 7) is 13.7. The number of benzene rings is 4. The molecule has 228 valence electrons. The van der Waals surface area contributed by atoms with Crippen LogP contribution in [0, 0.1) is 0 Å². The van der Waals surface area contributed by atoms with Gasteiger partial charge in [-0.15, -0.1) is 0 Å². The fourth-order valence-corrected chi connectivity index (χ4v) is 6.25. The largest absolute Gasteiger partial charge is 0.347 e. The van der Waals surface area contributed by atoms with Gasteiger partial charge in [0.2, 0.25) is 0 Å². The van der Waals surface area contributed by atoms with Crippen LogP contribution in [0.1, 0.15) is 74.3 Å². The van der Waals surface area contributed by atoms with Gasteiger partial charge < -0.3 is 9.88 Å². The fraction of sp³-hybridized carbons (Fsp3) is 0.270. The van der Waals surface area contributed by atoms with Crippen molar-refractivity contribution in [3.05, 3.63) is 131 Å². The third-order valence-electron chi connectivity index (χ3n) is 7.87. The number of nitrogens with zero attached hydrogens (tertiary/aromatic N) is 1. The predicted octanol–water partition coefficient (Wildman–Crippen LogP) is 8.02. The summed E-state index contributed by atoms with van der Waals surface area (Å²) in [6.07, 6.45) is 0. The van der Waals surface area contributed by atoms with Crippen LogP contribution in [0.3, 0.4) is 0 Å². The van der Waals surface area contributed by atoms with Crippen molar-refractivity contribution in [2.75, 3.05) is 4.72 Å². The number of amides is 1. The summed E-state index contributed by atoms with van der Waals surface area (Å²) in [5.41, 5.74) is 6.12. The highest BCUT2D eigenvalue weighted by molar-refractivity contribution is 7.92. The first-order chi connectivity index (χ1) is 20.7. The number of carbonyl (C=O) groups is 1. The van der Waals surface area contributed by atoms with Crippen LogP contribution in [-0.2, 0) is 33.9 Å². The van der Waals surface area contributed by atoms with E-state index in [-0.39, 0.29) is 21.6 Å². The predicted molar refractivity (Wildman–Crippen MR) is 180 cm³/mol. The summed E-state index contributed by atoms with van der Waals surface area (Å²) in [7, 11) is -3.80. The first kappa shape index (κ1) is 31.1. The van der Waals surface area contributed by atoms with Gasteiger partial charge >= 0.3 is 0 Å². The number of hydrogen-bond donors (Lipinski definition) is 2. The van der Waals surface area contributed by atoms with Gasteiger partial charge in [-0.05, 0) is 69.5 Å². The van der Waals surface area contributed by atoms with Gasteiger partial charge in [-0.2, -0.15) is 0 Å². The Morgan fingerprint density at radius 3 is 1.89 bits per heavy atom. The highest BCUT2D eigenvalue weighted by atomic mass is 32.2. The lowest BCUT2D eigenvalue weighted by Crippen LogP contribution is -2.25. The summed E-state index contributed by atoms with van der Waals surface area (Å²) < 4.78 is 31.2. The van der Waals surface area contributed by atoms with Crippen LogP contribution in [0.25, 0.3) is 10.9 Å². The van der Waals surface area contributed by atoms with Crippen molar-refractivity contribution in [1.29, 1.82) is 0 Å². The van der Waals surface area contributed by atoms with E-state index in [4.69, 9.17) is 0 Å². The maximum atomic E-state index is 13.5. The van der Waals surface area contributed by atoms with Crippen LogP contribution < -0.4 is 10.0 Å². The van der Waals surface area contributed by atoms with Crippen molar-refractivity contribution < 1.29 is 13.2 Å². The van der Waals surface area contributed by atoms with Crippen LogP contribution >= 0.6 is 0 Å². The van der Waals surface area contributed by atoms with E-state index in [1.165, 1.54) is 5.56 Å². The minimum atomic E-state index is -3.80. The van der Waals surface area contributed by atoms with Gasteiger partial charge in [-0.3, -0.25) is 9.52 Å². The number of nitrogens with one attached hydrogen (secondary N) is 2. The Labute approximate surface area is 261 Å². The van der Waals surface area contributed by atoms with E-state index in [1.54, 1.807) is 24.3 Å². The molecule has 2 N–H and O–H groups in total. The molecule has 0 aliphatic rings. The molecule has 1 heterocycles. The number of sulfonamides is 1.